The molecule has 0 radical (unpaired) electrons. The molecular formula is C76H126CaO6S2. The quantitative estimate of drug-likeness (QED) is 0.0247. The Labute approximate surface area is 555 Å². The predicted octanol–water partition coefficient (Wildman–Crippen LogP) is 24.1. The van der Waals surface area contributed by atoms with E-state index in [4.69, 9.17) is 0 Å². The number of hydrogen-bond donors (Lipinski definition) is 0. The first-order chi connectivity index (χ1) is 40.9. The number of unbranched alkanes of at least 4 members (excludes halogenated alkanes) is 44. The van der Waals surface area contributed by atoms with Crippen LogP contribution >= 0.6 is 0 Å². The minimum Gasteiger partial charge on any atom is -0.744 e. The second kappa shape index (κ2) is 52.1. The monoisotopic (exact) mass is 1240 g/mol. The Kier molecular flexibility index (Phi) is 48.8. The van der Waals surface area contributed by atoms with Crippen molar-refractivity contribution in [1.82, 2.24) is 0 Å². The van der Waals surface area contributed by atoms with Gasteiger partial charge in [0.2, 0.25) is 0 Å². The maximum Gasteiger partial charge on any atom is 2.00 e. The van der Waals surface area contributed by atoms with Crippen molar-refractivity contribution in [2.24, 2.45) is 0 Å². The summed E-state index contributed by atoms with van der Waals surface area (Å²) in [4.78, 5) is -0.250. The van der Waals surface area contributed by atoms with Gasteiger partial charge in [0.25, 0.3) is 0 Å². The van der Waals surface area contributed by atoms with Gasteiger partial charge in [-0.1, -0.05) is 347 Å². The van der Waals surface area contributed by atoms with Gasteiger partial charge in [-0.3, -0.25) is 0 Å². The van der Waals surface area contributed by atoms with Gasteiger partial charge in [-0.15, -0.1) is 0 Å². The molecule has 0 aliphatic heterocycles. The minimum atomic E-state index is -4.44. The van der Waals surface area contributed by atoms with E-state index >= 15 is 0 Å². The van der Waals surface area contributed by atoms with E-state index < -0.39 is 20.2 Å². The molecule has 4 aromatic rings. The molecule has 0 heterocycles. The molecule has 0 spiro atoms. The van der Waals surface area contributed by atoms with E-state index in [0.29, 0.717) is 0 Å². The summed E-state index contributed by atoms with van der Waals surface area (Å²) in [5.74, 6) is 0. The van der Waals surface area contributed by atoms with E-state index in [1.165, 1.54) is 343 Å². The molecule has 6 nitrogen and oxygen atoms in total. The minimum absolute atomic E-state index is 0. The van der Waals surface area contributed by atoms with Crippen molar-refractivity contribution in [1.29, 1.82) is 0 Å². The Morgan fingerprint density at radius 3 is 0.671 bits per heavy atom. The number of hydrogen-bond acceptors (Lipinski definition) is 6. The molecule has 0 unspecified atom stereocenters. The largest absolute Gasteiger partial charge is 2.00 e. The fraction of sp³-hybridized carbons (Fsp3) is 0.737. The van der Waals surface area contributed by atoms with Crippen LogP contribution in [0.4, 0.5) is 0 Å². The van der Waals surface area contributed by atoms with Gasteiger partial charge in [-0.25, -0.2) is 16.8 Å². The fourth-order valence-corrected chi connectivity index (χ4v) is 13.8. The standard InChI is InChI=1S/2C38H64O3S.Ca/c2*1-3-5-7-9-11-13-15-17-19-21-23-25-27-34-29-30-35-33-36(42(39,40)41)31-32-38(35)37(34)28-26-24-22-20-18-16-14-12-10-8-6-4-2;/h2*29-33H,3-28H2,1-2H3,(H,39,40,41);/q;;+2/p-2. The number of benzene rings is 4. The van der Waals surface area contributed by atoms with Crippen molar-refractivity contribution in [2.45, 2.75) is 371 Å². The third-order valence-electron chi connectivity index (χ3n) is 18.1. The van der Waals surface area contributed by atoms with E-state index in [2.05, 4.69) is 39.8 Å². The molecule has 4 rings (SSSR count). The zero-order valence-corrected chi connectivity index (χ0v) is 59.4. The first-order valence-electron chi connectivity index (χ1n) is 35.9. The van der Waals surface area contributed by atoms with Crippen molar-refractivity contribution in [2.75, 3.05) is 0 Å². The molecule has 4 aromatic carbocycles. The summed E-state index contributed by atoms with van der Waals surface area (Å²) in [5, 5.41) is 4.00. The number of rotatable bonds is 54. The molecule has 0 aromatic heterocycles. The molecule has 0 atom stereocenters. The van der Waals surface area contributed by atoms with Crippen LogP contribution in [0, 0.1) is 0 Å². The second-order valence-electron chi connectivity index (χ2n) is 25.6. The van der Waals surface area contributed by atoms with Crippen LogP contribution in [0.3, 0.4) is 0 Å². The van der Waals surface area contributed by atoms with Gasteiger partial charge >= 0.3 is 37.7 Å². The van der Waals surface area contributed by atoms with Gasteiger partial charge in [0.15, 0.2) is 0 Å². The van der Waals surface area contributed by atoms with Crippen LogP contribution in [-0.2, 0) is 45.9 Å². The van der Waals surface area contributed by atoms with Crippen molar-refractivity contribution in [3.8, 4) is 0 Å². The average molecular weight is 1240 g/mol. The predicted molar refractivity (Wildman–Crippen MR) is 369 cm³/mol. The molecule has 0 N–H and O–H groups in total. The van der Waals surface area contributed by atoms with Gasteiger partial charge < -0.3 is 9.11 Å². The Bertz CT molecular complexity index is 2300. The Morgan fingerprint density at radius 1 is 0.259 bits per heavy atom. The van der Waals surface area contributed by atoms with E-state index in [1.807, 2.05) is 24.3 Å². The molecule has 0 bridgehead atoms. The summed E-state index contributed by atoms with van der Waals surface area (Å²) in [6, 6.07) is 18.3. The summed E-state index contributed by atoms with van der Waals surface area (Å²) in [6.07, 6.45) is 69.0. The molecule has 0 amide bonds. The van der Waals surface area contributed by atoms with Crippen LogP contribution in [0.25, 0.3) is 21.5 Å². The van der Waals surface area contributed by atoms with E-state index in [-0.39, 0.29) is 47.5 Å². The van der Waals surface area contributed by atoms with Crippen LogP contribution < -0.4 is 0 Å². The molecule has 0 aliphatic rings. The molecule has 480 valence electrons. The van der Waals surface area contributed by atoms with Crippen molar-refractivity contribution in [3.63, 3.8) is 0 Å². The molecule has 85 heavy (non-hydrogen) atoms. The Balaban J connectivity index is 0.000000573. The van der Waals surface area contributed by atoms with Crippen molar-refractivity contribution < 1.29 is 25.9 Å². The SMILES string of the molecule is CCCCCCCCCCCCCCc1ccc2cc(S(=O)(=O)[O-])ccc2c1CCCCCCCCCCCCCC.CCCCCCCCCCCCCCc1ccc2cc(S(=O)(=O)[O-])ccc2c1CCCCCCCCCCCCCC.[Ca+2]. The number of aryl methyl sites for hydroxylation is 4. The van der Waals surface area contributed by atoms with E-state index in [0.717, 1.165) is 47.2 Å². The summed E-state index contributed by atoms with van der Waals surface area (Å²) in [5.41, 5.74) is 5.57. The van der Waals surface area contributed by atoms with E-state index in [9.17, 15) is 25.9 Å². The zero-order valence-electron chi connectivity index (χ0n) is 55.5. The van der Waals surface area contributed by atoms with Gasteiger partial charge in [0.1, 0.15) is 20.2 Å². The van der Waals surface area contributed by atoms with Crippen LogP contribution in [0.1, 0.15) is 358 Å². The first-order valence-corrected chi connectivity index (χ1v) is 38.8. The zero-order chi connectivity index (χ0) is 60.6. The van der Waals surface area contributed by atoms with Crippen LogP contribution in [0.2, 0.25) is 0 Å². The van der Waals surface area contributed by atoms with Gasteiger partial charge in [0, 0.05) is 0 Å². The summed E-state index contributed by atoms with van der Waals surface area (Å²) >= 11 is 0. The van der Waals surface area contributed by atoms with Crippen LogP contribution in [-0.4, -0.2) is 63.7 Å². The molecule has 0 saturated heterocycles. The molecule has 0 aliphatic carbocycles. The second-order valence-corrected chi connectivity index (χ2v) is 28.4. The first kappa shape index (κ1) is 79.6. The van der Waals surface area contributed by atoms with Crippen molar-refractivity contribution >= 4 is 79.5 Å². The van der Waals surface area contributed by atoms with Gasteiger partial charge in [0.05, 0.1) is 9.79 Å². The topological polar surface area (TPSA) is 114 Å². The molecule has 0 saturated carbocycles. The van der Waals surface area contributed by atoms with Crippen LogP contribution in [0.15, 0.2) is 70.5 Å². The average Bonchev–Trinajstić information content (AvgIpc) is 3.00. The molecule has 9 heteroatoms. The summed E-state index contributed by atoms with van der Waals surface area (Å²) in [7, 11) is -8.88. The van der Waals surface area contributed by atoms with Crippen molar-refractivity contribution in [3.05, 3.63) is 82.9 Å². The third kappa shape index (κ3) is 38.1. The van der Waals surface area contributed by atoms with Gasteiger partial charge in [-0.2, -0.15) is 0 Å². The summed E-state index contributed by atoms with van der Waals surface area (Å²) < 4.78 is 69.7. The Hall–Kier alpha value is -1.52. The summed E-state index contributed by atoms with van der Waals surface area (Å²) in [6.45, 7) is 9.11. The maximum atomic E-state index is 11.6. The fourth-order valence-electron chi connectivity index (χ4n) is 12.8. The molecule has 0 fully saturated rings. The smallest absolute Gasteiger partial charge is 0.744 e. The van der Waals surface area contributed by atoms with Crippen LogP contribution in [0.5, 0.6) is 0 Å². The Morgan fingerprint density at radius 2 is 0.459 bits per heavy atom. The van der Waals surface area contributed by atoms with Gasteiger partial charge in [-0.05, 0) is 119 Å². The number of fused-ring (bicyclic) bond motifs is 2. The molecular weight excluding hydrogens is 1110 g/mol. The third-order valence-corrected chi connectivity index (χ3v) is 19.8. The van der Waals surface area contributed by atoms with E-state index in [1.54, 1.807) is 12.1 Å². The normalized spacial score (nSPS) is 11.8. The maximum absolute atomic E-state index is 11.6.